The van der Waals surface area contributed by atoms with Gasteiger partial charge in [-0.25, -0.2) is 9.78 Å². The lowest BCUT2D eigenvalue weighted by Gasteiger charge is -2.21. The van der Waals surface area contributed by atoms with Gasteiger partial charge in [-0.05, 0) is 40.2 Å². The van der Waals surface area contributed by atoms with E-state index in [2.05, 4.69) is 41.9 Å². The predicted octanol–water partition coefficient (Wildman–Crippen LogP) is 5.23. The number of methoxy groups -OCH3 is 1. The Bertz CT molecular complexity index is 1330. The summed E-state index contributed by atoms with van der Waals surface area (Å²) in [6, 6.07) is 6.88. The number of aromatic nitrogens is 2. The molecule has 0 radical (unpaired) electrons. The average molecular weight is 602 g/mol. The van der Waals surface area contributed by atoms with Crippen LogP contribution in [0.5, 0.6) is 11.5 Å². The third-order valence-electron chi connectivity index (χ3n) is 4.51. The number of carboxylic acid groups (broad SMARTS) is 1. The molecule has 3 aromatic rings. The summed E-state index contributed by atoms with van der Waals surface area (Å²) in [7, 11) is 1.40. The van der Waals surface area contributed by atoms with Crippen molar-refractivity contribution in [2.45, 2.75) is 26.2 Å². The monoisotopic (exact) mass is 599 g/mol. The van der Waals surface area contributed by atoms with Gasteiger partial charge in [0, 0.05) is 19.9 Å². The minimum absolute atomic E-state index is 0.0790. The second-order valence-corrected chi connectivity index (χ2v) is 10.1. The van der Waals surface area contributed by atoms with Crippen molar-refractivity contribution in [3.63, 3.8) is 0 Å². The van der Waals surface area contributed by atoms with Gasteiger partial charge in [-0.3, -0.25) is 4.79 Å². The Morgan fingerprint density at radius 1 is 1.30 bits per heavy atom. The standard InChI is InChI=1S/C22H20Br2ClN3O5/c1-22(2,3)21-27-14-6-5-12(23)8-13(14)20(31)28(21)26-9-11-7-15(32-4)19(18(25)17(11)24)33-10-16(29)30/h5-9H,10H2,1-4H3,(H,29,30). The molecule has 0 aliphatic carbocycles. The minimum Gasteiger partial charge on any atom is -0.493 e. The molecule has 0 bridgehead atoms. The number of halogens is 3. The number of ether oxygens (including phenoxy) is 2. The summed E-state index contributed by atoms with van der Waals surface area (Å²) in [5, 5.41) is 13.8. The summed E-state index contributed by atoms with van der Waals surface area (Å²) in [4.78, 5) is 28.8. The topological polar surface area (TPSA) is 103 Å². The zero-order chi connectivity index (χ0) is 24.5. The van der Waals surface area contributed by atoms with Gasteiger partial charge in [0.05, 0.1) is 24.2 Å². The van der Waals surface area contributed by atoms with Gasteiger partial charge in [-0.15, -0.1) is 0 Å². The highest BCUT2D eigenvalue weighted by atomic mass is 79.9. The second-order valence-electron chi connectivity index (χ2n) is 8.02. The highest BCUT2D eigenvalue weighted by Crippen LogP contribution is 2.42. The van der Waals surface area contributed by atoms with Crippen LogP contribution in [0.15, 0.2) is 43.1 Å². The lowest BCUT2D eigenvalue weighted by molar-refractivity contribution is -0.139. The van der Waals surface area contributed by atoms with E-state index in [0.717, 1.165) is 4.47 Å². The summed E-state index contributed by atoms with van der Waals surface area (Å²) in [5.41, 5.74) is 0.267. The summed E-state index contributed by atoms with van der Waals surface area (Å²) in [5.74, 6) is -0.376. The van der Waals surface area contributed by atoms with E-state index < -0.39 is 18.0 Å². The highest BCUT2D eigenvalue weighted by Gasteiger charge is 2.23. The van der Waals surface area contributed by atoms with Crippen LogP contribution in [-0.2, 0) is 10.2 Å². The zero-order valence-corrected chi connectivity index (χ0v) is 22.1. The van der Waals surface area contributed by atoms with E-state index in [1.807, 2.05) is 26.8 Å². The fourth-order valence-corrected chi connectivity index (χ4v) is 3.99. The Morgan fingerprint density at radius 3 is 2.61 bits per heavy atom. The van der Waals surface area contributed by atoms with Crippen molar-refractivity contribution in [2.75, 3.05) is 13.7 Å². The number of carboxylic acids is 1. The van der Waals surface area contributed by atoms with Gasteiger partial charge in [0.15, 0.2) is 18.1 Å². The van der Waals surface area contributed by atoms with Crippen molar-refractivity contribution in [1.29, 1.82) is 0 Å². The van der Waals surface area contributed by atoms with Crippen molar-refractivity contribution in [1.82, 2.24) is 9.66 Å². The summed E-state index contributed by atoms with van der Waals surface area (Å²) in [6.45, 7) is 5.24. The summed E-state index contributed by atoms with van der Waals surface area (Å²) < 4.78 is 13.0. The van der Waals surface area contributed by atoms with Crippen molar-refractivity contribution in [3.8, 4) is 11.5 Å². The molecule has 3 rings (SSSR count). The van der Waals surface area contributed by atoms with Gasteiger partial charge in [0.1, 0.15) is 10.8 Å². The van der Waals surface area contributed by atoms with Crippen molar-refractivity contribution in [2.24, 2.45) is 5.10 Å². The number of hydrogen-bond donors (Lipinski definition) is 1. The maximum absolute atomic E-state index is 13.3. The van der Waals surface area contributed by atoms with E-state index in [0.29, 0.717) is 26.8 Å². The SMILES string of the molecule is COc1cc(C=Nn2c(C(C)(C)C)nc3ccc(Br)cc3c2=O)c(Br)c(Cl)c1OCC(=O)O. The lowest BCUT2D eigenvalue weighted by Crippen LogP contribution is -2.29. The number of carbonyl (C=O) groups is 1. The quantitative estimate of drug-likeness (QED) is 0.389. The van der Waals surface area contributed by atoms with Gasteiger partial charge in [0.25, 0.3) is 5.56 Å². The largest absolute Gasteiger partial charge is 0.493 e. The van der Waals surface area contributed by atoms with E-state index in [9.17, 15) is 9.59 Å². The molecule has 1 heterocycles. The molecule has 0 fully saturated rings. The molecule has 2 aromatic carbocycles. The number of hydrogen-bond acceptors (Lipinski definition) is 6. The maximum atomic E-state index is 13.3. The van der Waals surface area contributed by atoms with E-state index in [1.165, 1.54) is 18.0 Å². The normalized spacial score (nSPS) is 11.8. The van der Waals surface area contributed by atoms with E-state index in [-0.39, 0.29) is 22.1 Å². The Labute approximate surface area is 211 Å². The lowest BCUT2D eigenvalue weighted by atomic mass is 9.95. The second kappa shape index (κ2) is 9.82. The molecule has 174 valence electrons. The van der Waals surface area contributed by atoms with Gasteiger partial charge in [0.2, 0.25) is 0 Å². The summed E-state index contributed by atoms with van der Waals surface area (Å²) in [6.07, 6.45) is 1.45. The van der Waals surface area contributed by atoms with Gasteiger partial charge < -0.3 is 14.6 Å². The molecular formula is C22H20Br2ClN3O5. The van der Waals surface area contributed by atoms with Crippen LogP contribution in [0.3, 0.4) is 0 Å². The predicted molar refractivity (Wildman–Crippen MR) is 134 cm³/mol. The maximum Gasteiger partial charge on any atom is 0.341 e. The molecule has 0 aliphatic rings. The number of nitrogens with zero attached hydrogens (tertiary/aromatic N) is 3. The molecule has 0 aliphatic heterocycles. The first-order chi connectivity index (χ1) is 15.4. The molecule has 1 aromatic heterocycles. The minimum atomic E-state index is -1.15. The molecule has 0 atom stereocenters. The van der Waals surface area contributed by atoms with Crippen LogP contribution in [0.1, 0.15) is 32.2 Å². The smallest absolute Gasteiger partial charge is 0.341 e. The molecule has 0 saturated carbocycles. The molecule has 8 nitrogen and oxygen atoms in total. The average Bonchev–Trinajstić information content (AvgIpc) is 2.74. The van der Waals surface area contributed by atoms with Crippen LogP contribution in [0, 0.1) is 0 Å². The van der Waals surface area contributed by atoms with E-state index >= 15 is 0 Å². The first-order valence-corrected chi connectivity index (χ1v) is 11.6. The van der Waals surface area contributed by atoms with Crippen LogP contribution >= 0.6 is 43.5 Å². The Morgan fingerprint density at radius 2 is 2.00 bits per heavy atom. The van der Waals surface area contributed by atoms with Crippen LogP contribution < -0.4 is 15.0 Å². The fraction of sp³-hybridized carbons (Fsp3) is 0.273. The van der Waals surface area contributed by atoms with Crippen molar-refractivity contribution in [3.05, 3.63) is 60.0 Å². The summed E-state index contributed by atoms with van der Waals surface area (Å²) >= 11 is 13.2. The van der Waals surface area contributed by atoms with Crippen molar-refractivity contribution < 1.29 is 19.4 Å². The molecule has 11 heteroatoms. The first kappa shape index (κ1) is 25.2. The third-order valence-corrected chi connectivity index (χ3v) is 6.44. The number of rotatable bonds is 6. The molecule has 0 spiro atoms. The highest BCUT2D eigenvalue weighted by molar-refractivity contribution is 9.10. The first-order valence-electron chi connectivity index (χ1n) is 9.61. The van der Waals surface area contributed by atoms with Crippen molar-refractivity contribution >= 4 is 66.5 Å². The third kappa shape index (κ3) is 5.39. The number of benzene rings is 2. The fourth-order valence-electron chi connectivity index (χ4n) is 2.98. The molecule has 0 unspecified atom stereocenters. The molecule has 33 heavy (non-hydrogen) atoms. The van der Waals surface area contributed by atoms with E-state index in [1.54, 1.807) is 18.2 Å². The Balaban J connectivity index is 2.18. The number of fused-ring (bicyclic) bond motifs is 1. The van der Waals surface area contributed by atoms with Crippen LogP contribution in [0.25, 0.3) is 10.9 Å². The number of aliphatic carboxylic acids is 1. The Kier molecular flexibility index (Phi) is 7.50. The molecular weight excluding hydrogens is 582 g/mol. The van der Waals surface area contributed by atoms with Crippen LogP contribution in [0.4, 0.5) is 0 Å². The molecule has 0 saturated heterocycles. The van der Waals surface area contributed by atoms with Crippen LogP contribution in [0.2, 0.25) is 5.02 Å². The zero-order valence-electron chi connectivity index (χ0n) is 18.1. The molecule has 0 amide bonds. The van der Waals surface area contributed by atoms with Gasteiger partial charge in [-0.2, -0.15) is 9.78 Å². The van der Waals surface area contributed by atoms with Gasteiger partial charge >= 0.3 is 5.97 Å². The Hall–Kier alpha value is -2.43. The van der Waals surface area contributed by atoms with E-state index in [4.69, 9.17) is 26.2 Å². The van der Waals surface area contributed by atoms with Gasteiger partial charge in [-0.1, -0.05) is 48.3 Å². The van der Waals surface area contributed by atoms with Crippen LogP contribution in [-0.4, -0.2) is 40.7 Å². The molecule has 1 N–H and O–H groups in total.